The first kappa shape index (κ1) is 12.3. The molecule has 0 nitrogen and oxygen atoms in total. The van der Waals surface area contributed by atoms with E-state index in [1.807, 2.05) is 0 Å². The van der Waals surface area contributed by atoms with E-state index in [0.29, 0.717) is 5.41 Å². The molecule has 2 fully saturated rings. The maximum atomic E-state index is 2.45. The maximum Gasteiger partial charge on any atom is -0.00752 e. The lowest BCUT2D eigenvalue weighted by Gasteiger charge is -2.26. The van der Waals surface area contributed by atoms with Crippen molar-refractivity contribution in [1.29, 1.82) is 0 Å². The maximum absolute atomic E-state index is 2.45. The topological polar surface area (TPSA) is 0 Å². The van der Waals surface area contributed by atoms with Gasteiger partial charge in [0, 0.05) is 0 Å². The zero-order valence-electron chi connectivity index (χ0n) is 11.8. The molecular weight excluding hydrogens is 216 g/mol. The summed E-state index contributed by atoms with van der Waals surface area (Å²) in [4.78, 5) is 0. The van der Waals surface area contributed by atoms with Crippen LogP contribution < -0.4 is 0 Å². The van der Waals surface area contributed by atoms with Crippen molar-refractivity contribution in [3.05, 3.63) is 35.4 Å². The SMILES string of the molecule is CC1(c2ccc(C3CCCCC3)cc2)CCCC1. The molecule has 2 saturated carbocycles. The Morgan fingerprint density at radius 3 is 2.06 bits per heavy atom. The van der Waals surface area contributed by atoms with Crippen LogP contribution in [-0.4, -0.2) is 0 Å². The Kier molecular flexibility index (Phi) is 3.46. The lowest BCUT2D eigenvalue weighted by atomic mass is 9.79. The summed E-state index contributed by atoms with van der Waals surface area (Å²) >= 11 is 0. The fraction of sp³-hybridized carbons (Fsp3) is 0.667. The first-order chi connectivity index (χ1) is 8.78. The van der Waals surface area contributed by atoms with E-state index in [1.54, 1.807) is 11.1 Å². The van der Waals surface area contributed by atoms with E-state index in [1.165, 1.54) is 57.8 Å². The van der Waals surface area contributed by atoms with Crippen LogP contribution in [0.15, 0.2) is 24.3 Å². The van der Waals surface area contributed by atoms with Gasteiger partial charge in [-0.15, -0.1) is 0 Å². The van der Waals surface area contributed by atoms with Gasteiger partial charge in [0.25, 0.3) is 0 Å². The molecule has 98 valence electrons. The van der Waals surface area contributed by atoms with E-state index in [-0.39, 0.29) is 0 Å². The second-order valence-corrected chi connectivity index (χ2v) is 6.72. The number of hydrogen-bond donors (Lipinski definition) is 0. The Morgan fingerprint density at radius 1 is 0.833 bits per heavy atom. The Balaban J connectivity index is 1.76. The molecule has 2 aliphatic carbocycles. The number of rotatable bonds is 2. The Morgan fingerprint density at radius 2 is 1.44 bits per heavy atom. The molecule has 2 aliphatic rings. The Labute approximate surface area is 112 Å². The van der Waals surface area contributed by atoms with Gasteiger partial charge >= 0.3 is 0 Å². The second-order valence-electron chi connectivity index (χ2n) is 6.72. The van der Waals surface area contributed by atoms with Gasteiger partial charge in [0.2, 0.25) is 0 Å². The molecule has 0 N–H and O–H groups in total. The third-order valence-corrected chi connectivity index (χ3v) is 5.39. The molecule has 0 radical (unpaired) electrons. The third-order valence-electron chi connectivity index (χ3n) is 5.39. The molecule has 0 bridgehead atoms. The van der Waals surface area contributed by atoms with Gasteiger partial charge in [-0.3, -0.25) is 0 Å². The van der Waals surface area contributed by atoms with Gasteiger partial charge in [0.1, 0.15) is 0 Å². The van der Waals surface area contributed by atoms with Crippen LogP contribution >= 0.6 is 0 Å². The minimum Gasteiger partial charge on any atom is -0.0585 e. The summed E-state index contributed by atoms with van der Waals surface area (Å²) in [6.07, 6.45) is 12.8. The smallest absolute Gasteiger partial charge is 0.00752 e. The van der Waals surface area contributed by atoms with Crippen LogP contribution in [0.3, 0.4) is 0 Å². The minimum absolute atomic E-state index is 0.477. The van der Waals surface area contributed by atoms with Crippen molar-refractivity contribution >= 4 is 0 Å². The molecule has 1 aromatic carbocycles. The predicted molar refractivity (Wildman–Crippen MR) is 78.1 cm³/mol. The molecule has 0 unspecified atom stereocenters. The lowest BCUT2D eigenvalue weighted by Crippen LogP contribution is -2.16. The van der Waals surface area contributed by atoms with E-state index in [0.717, 1.165) is 5.92 Å². The lowest BCUT2D eigenvalue weighted by molar-refractivity contribution is 0.443. The Bertz CT molecular complexity index is 375. The van der Waals surface area contributed by atoms with Gasteiger partial charge < -0.3 is 0 Å². The Hall–Kier alpha value is -0.780. The van der Waals surface area contributed by atoms with Crippen LogP contribution in [0.5, 0.6) is 0 Å². The van der Waals surface area contributed by atoms with Gasteiger partial charge in [-0.1, -0.05) is 63.3 Å². The molecule has 0 amide bonds. The van der Waals surface area contributed by atoms with Gasteiger partial charge in [0.05, 0.1) is 0 Å². The second kappa shape index (κ2) is 5.07. The van der Waals surface area contributed by atoms with Gasteiger partial charge in [-0.25, -0.2) is 0 Å². The molecule has 0 heteroatoms. The zero-order chi connectivity index (χ0) is 12.4. The summed E-state index contributed by atoms with van der Waals surface area (Å²) in [6.45, 7) is 2.45. The number of benzene rings is 1. The van der Waals surface area contributed by atoms with Gasteiger partial charge in [-0.2, -0.15) is 0 Å². The van der Waals surface area contributed by atoms with Crippen molar-refractivity contribution in [3.8, 4) is 0 Å². The van der Waals surface area contributed by atoms with Crippen LogP contribution in [0.4, 0.5) is 0 Å². The van der Waals surface area contributed by atoms with Crippen LogP contribution in [0, 0.1) is 0 Å². The molecule has 0 heterocycles. The van der Waals surface area contributed by atoms with E-state index in [2.05, 4.69) is 31.2 Å². The van der Waals surface area contributed by atoms with Crippen LogP contribution in [-0.2, 0) is 5.41 Å². The molecule has 3 rings (SSSR count). The van der Waals surface area contributed by atoms with E-state index in [9.17, 15) is 0 Å². The number of hydrogen-bond acceptors (Lipinski definition) is 0. The standard InChI is InChI=1S/C18H26/c1-18(13-5-6-14-18)17-11-9-16(10-12-17)15-7-3-2-4-8-15/h9-12,15H,2-8,13-14H2,1H3. The molecule has 0 saturated heterocycles. The summed E-state index contributed by atoms with van der Waals surface area (Å²) in [6, 6.07) is 9.70. The molecule has 1 aromatic rings. The molecule has 18 heavy (non-hydrogen) atoms. The normalized spacial score (nSPS) is 24.3. The average Bonchev–Trinajstić information content (AvgIpc) is 2.88. The van der Waals surface area contributed by atoms with Gasteiger partial charge in [-0.05, 0) is 48.1 Å². The van der Waals surface area contributed by atoms with Crippen LogP contribution in [0.1, 0.15) is 81.8 Å². The van der Waals surface area contributed by atoms with Crippen molar-refractivity contribution in [3.63, 3.8) is 0 Å². The summed E-state index contributed by atoms with van der Waals surface area (Å²) in [7, 11) is 0. The minimum atomic E-state index is 0.477. The largest absolute Gasteiger partial charge is 0.0585 e. The summed E-state index contributed by atoms with van der Waals surface area (Å²) < 4.78 is 0. The average molecular weight is 242 g/mol. The summed E-state index contributed by atoms with van der Waals surface area (Å²) in [5, 5.41) is 0. The van der Waals surface area contributed by atoms with Crippen molar-refractivity contribution in [2.45, 2.75) is 76.0 Å². The predicted octanol–water partition coefficient (Wildman–Crippen LogP) is 5.57. The highest BCUT2D eigenvalue weighted by Crippen LogP contribution is 2.41. The molecule has 0 aliphatic heterocycles. The fourth-order valence-electron chi connectivity index (χ4n) is 4.04. The summed E-state index contributed by atoms with van der Waals surface area (Å²) in [5.74, 6) is 0.851. The zero-order valence-corrected chi connectivity index (χ0v) is 11.8. The quantitative estimate of drug-likeness (QED) is 0.636. The van der Waals surface area contributed by atoms with Crippen LogP contribution in [0.2, 0.25) is 0 Å². The van der Waals surface area contributed by atoms with Crippen LogP contribution in [0.25, 0.3) is 0 Å². The van der Waals surface area contributed by atoms with Gasteiger partial charge in [0.15, 0.2) is 0 Å². The highest BCUT2D eigenvalue weighted by molar-refractivity contribution is 5.31. The summed E-state index contributed by atoms with van der Waals surface area (Å²) in [5.41, 5.74) is 3.66. The highest BCUT2D eigenvalue weighted by atomic mass is 14.3. The third kappa shape index (κ3) is 2.35. The molecular formula is C18H26. The van der Waals surface area contributed by atoms with Crippen molar-refractivity contribution in [1.82, 2.24) is 0 Å². The first-order valence-electron chi connectivity index (χ1n) is 7.88. The van der Waals surface area contributed by atoms with E-state index < -0.39 is 0 Å². The molecule has 0 atom stereocenters. The van der Waals surface area contributed by atoms with Crippen molar-refractivity contribution in [2.75, 3.05) is 0 Å². The van der Waals surface area contributed by atoms with E-state index >= 15 is 0 Å². The first-order valence-corrected chi connectivity index (χ1v) is 7.88. The molecule has 0 aromatic heterocycles. The van der Waals surface area contributed by atoms with Crippen molar-refractivity contribution in [2.24, 2.45) is 0 Å². The van der Waals surface area contributed by atoms with Crippen molar-refractivity contribution < 1.29 is 0 Å². The highest BCUT2D eigenvalue weighted by Gasteiger charge is 2.30. The monoisotopic (exact) mass is 242 g/mol. The fourth-order valence-corrected chi connectivity index (χ4v) is 4.04. The molecule has 0 spiro atoms. The van der Waals surface area contributed by atoms with E-state index in [4.69, 9.17) is 0 Å².